The Morgan fingerprint density at radius 1 is 1.40 bits per heavy atom. The van der Waals surface area contributed by atoms with Crippen molar-refractivity contribution in [1.29, 1.82) is 0 Å². The van der Waals surface area contributed by atoms with Crippen LogP contribution in [0.15, 0.2) is 30.3 Å². The largest absolute Gasteiger partial charge is 0.276 e. The van der Waals surface area contributed by atoms with Crippen LogP contribution in [-0.4, -0.2) is 21.2 Å². The molecule has 0 aliphatic carbocycles. The smallest absolute Gasteiger partial charge is 0.238 e. The van der Waals surface area contributed by atoms with Gasteiger partial charge in [0.1, 0.15) is 0 Å². The summed E-state index contributed by atoms with van der Waals surface area (Å²) in [5.41, 5.74) is 1.16. The van der Waals surface area contributed by atoms with Gasteiger partial charge in [-0.1, -0.05) is 30.3 Å². The van der Waals surface area contributed by atoms with Crippen LogP contribution in [0.1, 0.15) is 25.5 Å². The van der Waals surface area contributed by atoms with Gasteiger partial charge in [-0.05, 0) is 19.4 Å². The standard InChI is InChI=1S/C11H15NO2S/c1-9(2)12-11(8-14-15(12)13)10-6-4-3-5-7-10/h3-7,9,11H,8H2,1-2H3/t11-,15?/m0/s1. The van der Waals surface area contributed by atoms with Gasteiger partial charge in [0.2, 0.25) is 11.3 Å². The molecule has 15 heavy (non-hydrogen) atoms. The van der Waals surface area contributed by atoms with Crippen LogP contribution < -0.4 is 0 Å². The molecule has 1 aromatic rings. The van der Waals surface area contributed by atoms with E-state index in [4.69, 9.17) is 4.18 Å². The molecule has 2 atom stereocenters. The quantitative estimate of drug-likeness (QED) is 0.771. The van der Waals surface area contributed by atoms with E-state index in [9.17, 15) is 4.21 Å². The molecule has 1 unspecified atom stereocenters. The van der Waals surface area contributed by atoms with Crippen LogP contribution >= 0.6 is 0 Å². The van der Waals surface area contributed by atoms with Crippen molar-refractivity contribution in [2.45, 2.75) is 25.9 Å². The molecule has 1 aliphatic heterocycles. The van der Waals surface area contributed by atoms with Crippen molar-refractivity contribution in [1.82, 2.24) is 4.31 Å². The van der Waals surface area contributed by atoms with Gasteiger partial charge >= 0.3 is 0 Å². The first-order valence-electron chi connectivity index (χ1n) is 5.08. The Kier molecular flexibility index (Phi) is 3.19. The monoisotopic (exact) mass is 225 g/mol. The van der Waals surface area contributed by atoms with Crippen LogP contribution in [-0.2, 0) is 15.4 Å². The second-order valence-corrected chi connectivity index (χ2v) is 4.97. The number of nitrogens with zero attached hydrogens (tertiary/aromatic N) is 1. The highest BCUT2D eigenvalue weighted by atomic mass is 32.2. The van der Waals surface area contributed by atoms with Crippen molar-refractivity contribution in [3.63, 3.8) is 0 Å². The molecule has 1 fully saturated rings. The Bertz CT molecular complexity index is 353. The fraction of sp³-hybridized carbons (Fsp3) is 0.455. The number of hydrogen-bond acceptors (Lipinski definition) is 2. The van der Waals surface area contributed by atoms with Crippen LogP contribution in [0, 0.1) is 0 Å². The third-order valence-corrected chi connectivity index (χ3v) is 3.86. The first kappa shape index (κ1) is 10.8. The first-order valence-corrected chi connectivity index (χ1v) is 6.12. The third kappa shape index (κ3) is 2.12. The van der Waals surface area contributed by atoms with Gasteiger partial charge in [0.15, 0.2) is 0 Å². The first-order chi connectivity index (χ1) is 7.20. The predicted octanol–water partition coefficient (Wildman–Crippen LogP) is 2.05. The molecule has 1 heterocycles. The topological polar surface area (TPSA) is 29.5 Å². The van der Waals surface area contributed by atoms with Gasteiger partial charge in [-0.15, -0.1) is 0 Å². The van der Waals surface area contributed by atoms with E-state index in [1.807, 2.05) is 48.5 Å². The van der Waals surface area contributed by atoms with Crippen molar-refractivity contribution in [3.05, 3.63) is 35.9 Å². The van der Waals surface area contributed by atoms with E-state index in [0.717, 1.165) is 5.56 Å². The second-order valence-electron chi connectivity index (χ2n) is 3.88. The van der Waals surface area contributed by atoms with Gasteiger partial charge in [-0.25, -0.2) is 4.21 Å². The summed E-state index contributed by atoms with van der Waals surface area (Å²) in [5.74, 6) is 0. The molecule has 0 amide bonds. The zero-order chi connectivity index (χ0) is 10.8. The van der Waals surface area contributed by atoms with Crippen LogP contribution in [0.2, 0.25) is 0 Å². The van der Waals surface area contributed by atoms with Gasteiger partial charge in [0.05, 0.1) is 12.6 Å². The lowest BCUT2D eigenvalue weighted by Gasteiger charge is -2.23. The molecule has 3 nitrogen and oxygen atoms in total. The van der Waals surface area contributed by atoms with Crippen molar-refractivity contribution in [3.8, 4) is 0 Å². The third-order valence-electron chi connectivity index (χ3n) is 2.50. The highest BCUT2D eigenvalue weighted by molar-refractivity contribution is 7.78. The van der Waals surface area contributed by atoms with Gasteiger partial charge in [-0.3, -0.25) is 4.18 Å². The molecule has 1 aromatic carbocycles. The van der Waals surface area contributed by atoms with Crippen LogP contribution in [0.25, 0.3) is 0 Å². The van der Waals surface area contributed by atoms with Crippen LogP contribution in [0.3, 0.4) is 0 Å². The summed E-state index contributed by atoms with van der Waals surface area (Å²) in [4.78, 5) is 0. The predicted molar refractivity (Wildman–Crippen MR) is 60.3 cm³/mol. The zero-order valence-electron chi connectivity index (χ0n) is 8.92. The molecule has 1 aliphatic rings. The maximum absolute atomic E-state index is 11.6. The van der Waals surface area contributed by atoms with Crippen molar-refractivity contribution in [2.75, 3.05) is 6.61 Å². The summed E-state index contributed by atoms with van der Waals surface area (Å²) in [7, 11) is 0. The Labute approximate surface area is 92.8 Å². The van der Waals surface area contributed by atoms with Crippen LogP contribution in [0.4, 0.5) is 0 Å². The average molecular weight is 225 g/mol. The SMILES string of the molecule is CC(C)N1[C@H](c2ccccc2)COS1=O. The van der Waals surface area contributed by atoms with Gasteiger partial charge in [-0.2, -0.15) is 4.31 Å². The summed E-state index contributed by atoms with van der Waals surface area (Å²) in [5, 5.41) is 0. The minimum absolute atomic E-state index is 0.118. The Morgan fingerprint density at radius 3 is 2.67 bits per heavy atom. The molecule has 82 valence electrons. The maximum atomic E-state index is 11.6. The van der Waals surface area contributed by atoms with Crippen molar-refractivity contribution in [2.24, 2.45) is 0 Å². The zero-order valence-corrected chi connectivity index (χ0v) is 9.74. The van der Waals surface area contributed by atoms with E-state index in [-0.39, 0.29) is 12.1 Å². The van der Waals surface area contributed by atoms with E-state index in [2.05, 4.69) is 0 Å². The number of benzene rings is 1. The lowest BCUT2D eigenvalue weighted by molar-refractivity contribution is 0.287. The molecule has 0 spiro atoms. The maximum Gasteiger partial charge on any atom is 0.238 e. The molecule has 4 heteroatoms. The molecule has 0 radical (unpaired) electrons. The molecular weight excluding hydrogens is 210 g/mol. The summed E-state index contributed by atoms with van der Waals surface area (Å²) < 4.78 is 18.7. The van der Waals surface area contributed by atoms with E-state index in [1.54, 1.807) is 0 Å². The fourth-order valence-electron chi connectivity index (χ4n) is 1.81. The molecule has 2 rings (SSSR count). The highest BCUT2D eigenvalue weighted by Gasteiger charge is 2.35. The Balaban J connectivity index is 2.26. The summed E-state index contributed by atoms with van der Waals surface area (Å²) >= 11 is -1.29. The second kappa shape index (κ2) is 4.43. The van der Waals surface area contributed by atoms with Crippen LogP contribution in [0.5, 0.6) is 0 Å². The van der Waals surface area contributed by atoms with Gasteiger partial charge in [0, 0.05) is 6.04 Å². The molecule has 0 aromatic heterocycles. The van der Waals surface area contributed by atoms with E-state index < -0.39 is 11.3 Å². The molecule has 1 saturated heterocycles. The fourth-order valence-corrected chi connectivity index (χ4v) is 2.91. The minimum atomic E-state index is -1.29. The average Bonchev–Trinajstić information content (AvgIpc) is 2.61. The van der Waals surface area contributed by atoms with E-state index in [0.29, 0.717) is 6.61 Å². The minimum Gasteiger partial charge on any atom is -0.276 e. The molecule has 0 N–H and O–H groups in total. The highest BCUT2D eigenvalue weighted by Crippen LogP contribution is 2.30. The molecule has 0 bridgehead atoms. The lowest BCUT2D eigenvalue weighted by atomic mass is 10.1. The van der Waals surface area contributed by atoms with Gasteiger partial charge in [0.25, 0.3) is 0 Å². The Hall–Kier alpha value is -0.710. The van der Waals surface area contributed by atoms with Crippen molar-refractivity contribution < 1.29 is 8.39 Å². The van der Waals surface area contributed by atoms with Crippen molar-refractivity contribution >= 4 is 11.3 Å². The van der Waals surface area contributed by atoms with E-state index >= 15 is 0 Å². The summed E-state index contributed by atoms with van der Waals surface area (Å²) in [6.45, 7) is 4.57. The lowest BCUT2D eigenvalue weighted by Crippen LogP contribution is -2.31. The molecular formula is C11H15NO2S. The number of hydrogen-bond donors (Lipinski definition) is 0. The Morgan fingerprint density at radius 2 is 2.07 bits per heavy atom. The number of rotatable bonds is 2. The summed E-state index contributed by atoms with van der Waals surface area (Å²) in [6, 6.07) is 10.4. The van der Waals surface area contributed by atoms with E-state index in [1.165, 1.54) is 0 Å². The van der Waals surface area contributed by atoms with Gasteiger partial charge < -0.3 is 0 Å². The summed E-state index contributed by atoms with van der Waals surface area (Å²) in [6.07, 6.45) is 0. The molecule has 0 saturated carbocycles. The normalized spacial score (nSPS) is 27.4.